The average molecular weight is 292 g/mol. The standard InChI is InChI=1S/C11H8ClF2NO4/c1-2-17-11(16)7-6(9(13)14)15-10(19-7)5-3-4-18-8(5)12/h3-4,9H,2H2,1H3. The number of ether oxygens (including phenoxy) is 1. The van der Waals surface area contributed by atoms with Gasteiger partial charge in [-0.15, -0.1) is 0 Å². The number of oxazole rings is 1. The zero-order chi connectivity index (χ0) is 14.0. The first-order valence-electron chi connectivity index (χ1n) is 5.24. The normalized spacial score (nSPS) is 11.0. The Bertz CT molecular complexity index is 593. The molecule has 0 aliphatic carbocycles. The molecule has 0 N–H and O–H groups in total. The molecule has 5 nitrogen and oxygen atoms in total. The maximum absolute atomic E-state index is 12.8. The average Bonchev–Trinajstić information content (AvgIpc) is 2.94. The van der Waals surface area contributed by atoms with Gasteiger partial charge in [-0.25, -0.2) is 18.6 Å². The van der Waals surface area contributed by atoms with E-state index >= 15 is 0 Å². The third kappa shape index (κ3) is 2.60. The molecule has 0 bridgehead atoms. The van der Waals surface area contributed by atoms with Gasteiger partial charge in [0.25, 0.3) is 6.43 Å². The SMILES string of the molecule is CCOC(=O)c1oc(-c2ccoc2Cl)nc1C(F)F. The largest absolute Gasteiger partial charge is 0.460 e. The molecule has 19 heavy (non-hydrogen) atoms. The van der Waals surface area contributed by atoms with Crippen LogP contribution in [0.4, 0.5) is 8.78 Å². The Morgan fingerprint density at radius 1 is 1.58 bits per heavy atom. The molecule has 0 fully saturated rings. The van der Waals surface area contributed by atoms with Crippen LogP contribution in [0, 0.1) is 0 Å². The van der Waals surface area contributed by atoms with Gasteiger partial charge in [-0.3, -0.25) is 0 Å². The second kappa shape index (κ2) is 5.40. The van der Waals surface area contributed by atoms with Crippen molar-refractivity contribution in [2.24, 2.45) is 0 Å². The summed E-state index contributed by atoms with van der Waals surface area (Å²) in [5, 5.41) is -0.0718. The highest BCUT2D eigenvalue weighted by Gasteiger charge is 2.29. The summed E-state index contributed by atoms with van der Waals surface area (Å²) in [4.78, 5) is 15.0. The summed E-state index contributed by atoms with van der Waals surface area (Å²) in [7, 11) is 0. The quantitative estimate of drug-likeness (QED) is 0.804. The van der Waals surface area contributed by atoms with E-state index in [1.807, 2.05) is 0 Å². The number of furan rings is 1. The third-order valence-electron chi connectivity index (χ3n) is 2.17. The molecule has 2 aromatic heterocycles. The van der Waals surface area contributed by atoms with Gasteiger partial charge in [-0.2, -0.15) is 0 Å². The smallest absolute Gasteiger partial charge is 0.376 e. The fourth-order valence-electron chi connectivity index (χ4n) is 1.38. The lowest BCUT2D eigenvalue weighted by molar-refractivity contribution is 0.0476. The molecule has 0 spiro atoms. The summed E-state index contributed by atoms with van der Waals surface area (Å²) in [6, 6.07) is 1.39. The molecule has 0 radical (unpaired) electrons. The highest BCUT2D eigenvalue weighted by Crippen LogP contribution is 2.32. The van der Waals surface area contributed by atoms with Crippen molar-refractivity contribution in [3.05, 3.63) is 29.0 Å². The summed E-state index contributed by atoms with van der Waals surface area (Å²) >= 11 is 5.69. The molecule has 2 heterocycles. The first-order valence-corrected chi connectivity index (χ1v) is 5.61. The van der Waals surface area contributed by atoms with Crippen molar-refractivity contribution in [1.82, 2.24) is 4.98 Å². The number of carbonyl (C=O) groups excluding carboxylic acids is 1. The van der Waals surface area contributed by atoms with Crippen molar-refractivity contribution in [2.75, 3.05) is 6.61 Å². The molecular formula is C11H8ClF2NO4. The van der Waals surface area contributed by atoms with Gasteiger partial charge in [0.2, 0.25) is 16.9 Å². The maximum atomic E-state index is 12.8. The Hall–Kier alpha value is -1.89. The molecule has 102 valence electrons. The number of hydrogen-bond acceptors (Lipinski definition) is 5. The first kappa shape index (κ1) is 13.5. The topological polar surface area (TPSA) is 65.5 Å². The number of alkyl halides is 2. The number of rotatable bonds is 4. The van der Waals surface area contributed by atoms with Crippen LogP contribution in [0.1, 0.15) is 29.6 Å². The fraction of sp³-hybridized carbons (Fsp3) is 0.273. The maximum Gasteiger partial charge on any atom is 0.376 e. The second-order valence-corrected chi connectivity index (χ2v) is 3.71. The van der Waals surface area contributed by atoms with Crippen molar-refractivity contribution in [3.8, 4) is 11.5 Å². The predicted octanol–water partition coefficient (Wildman–Crippen LogP) is 3.70. The molecule has 0 aliphatic rings. The number of aromatic nitrogens is 1. The van der Waals surface area contributed by atoms with Crippen LogP contribution < -0.4 is 0 Å². The molecular weight excluding hydrogens is 284 g/mol. The number of halogens is 3. The zero-order valence-corrected chi connectivity index (χ0v) is 10.4. The summed E-state index contributed by atoms with van der Waals surface area (Å²) in [6.07, 6.45) is -1.73. The van der Waals surface area contributed by atoms with E-state index in [1.54, 1.807) is 6.92 Å². The first-order chi connectivity index (χ1) is 9.04. The molecule has 2 aromatic rings. The van der Waals surface area contributed by atoms with Crippen molar-refractivity contribution >= 4 is 17.6 Å². The van der Waals surface area contributed by atoms with Crippen molar-refractivity contribution in [2.45, 2.75) is 13.3 Å². The van der Waals surface area contributed by atoms with Gasteiger partial charge in [-0.05, 0) is 24.6 Å². The molecule has 0 aliphatic heterocycles. The van der Waals surface area contributed by atoms with Gasteiger partial charge in [0.15, 0.2) is 5.69 Å². The number of carbonyl (C=O) groups is 1. The van der Waals surface area contributed by atoms with Crippen LogP contribution in [0.5, 0.6) is 0 Å². The van der Waals surface area contributed by atoms with Crippen molar-refractivity contribution < 1.29 is 27.1 Å². The van der Waals surface area contributed by atoms with E-state index in [1.165, 1.54) is 12.3 Å². The van der Waals surface area contributed by atoms with Crippen LogP contribution in [0.25, 0.3) is 11.5 Å². The third-order valence-corrected chi connectivity index (χ3v) is 2.46. The minimum Gasteiger partial charge on any atom is -0.460 e. The molecule has 2 rings (SSSR count). The van der Waals surface area contributed by atoms with Gasteiger partial charge in [0.1, 0.15) is 0 Å². The second-order valence-electron chi connectivity index (χ2n) is 3.36. The Labute approximate surface area is 111 Å². The van der Waals surface area contributed by atoms with Gasteiger partial charge < -0.3 is 13.6 Å². The minimum atomic E-state index is -2.97. The Kier molecular flexibility index (Phi) is 3.84. The molecule has 0 amide bonds. The lowest BCUT2D eigenvalue weighted by Gasteiger charge is -1.99. The van der Waals surface area contributed by atoms with Crippen LogP contribution in [0.3, 0.4) is 0 Å². The predicted molar refractivity (Wildman–Crippen MR) is 60.1 cm³/mol. The van der Waals surface area contributed by atoms with E-state index < -0.39 is 23.8 Å². The fourth-order valence-corrected chi connectivity index (χ4v) is 1.58. The highest BCUT2D eigenvalue weighted by atomic mass is 35.5. The van der Waals surface area contributed by atoms with Crippen LogP contribution in [-0.4, -0.2) is 17.6 Å². The number of nitrogens with zero attached hydrogens (tertiary/aromatic N) is 1. The van der Waals surface area contributed by atoms with Gasteiger partial charge in [0.05, 0.1) is 18.4 Å². The molecule has 0 saturated carbocycles. The van der Waals surface area contributed by atoms with Crippen LogP contribution in [-0.2, 0) is 4.74 Å². The van der Waals surface area contributed by atoms with Crippen LogP contribution in [0.15, 0.2) is 21.2 Å². The van der Waals surface area contributed by atoms with E-state index in [0.717, 1.165) is 0 Å². The number of esters is 1. The van der Waals surface area contributed by atoms with Gasteiger partial charge in [-0.1, -0.05) is 0 Å². The Morgan fingerprint density at radius 2 is 2.32 bits per heavy atom. The van der Waals surface area contributed by atoms with Crippen LogP contribution >= 0.6 is 11.6 Å². The van der Waals surface area contributed by atoms with Crippen LogP contribution in [0.2, 0.25) is 5.22 Å². The highest BCUT2D eigenvalue weighted by molar-refractivity contribution is 6.31. The van der Waals surface area contributed by atoms with E-state index in [0.29, 0.717) is 0 Å². The zero-order valence-electron chi connectivity index (χ0n) is 9.65. The minimum absolute atomic E-state index is 0.0318. The molecule has 0 saturated heterocycles. The summed E-state index contributed by atoms with van der Waals surface area (Å²) in [5.74, 6) is -1.86. The monoisotopic (exact) mass is 291 g/mol. The lowest BCUT2D eigenvalue weighted by atomic mass is 10.3. The number of hydrogen-bond donors (Lipinski definition) is 0. The molecule has 8 heteroatoms. The van der Waals surface area contributed by atoms with E-state index in [2.05, 4.69) is 9.72 Å². The van der Waals surface area contributed by atoms with Gasteiger partial charge >= 0.3 is 5.97 Å². The summed E-state index contributed by atoms with van der Waals surface area (Å²) < 4.78 is 40.0. The molecule has 0 unspecified atom stereocenters. The summed E-state index contributed by atoms with van der Waals surface area (Å²) in [5.41, 5.74) is -0.607. The van der Waals surface area contributed by atoms with E-state index in [-0.39, 0.29) is 23.3 Å². The van der Waals surface area contributed by atoms with Gasteiger partial charge in [0, 0.05) is 0 Å². The lowest BCUT2D eigenvalue weighted by Crippen LogP contribution is -2.06. The molecule has 0 aromatic carbocycles. The Balaban J connectivity index is 2.46. The molecule has 0 atom stereocenters. The van der Waals surface area contributed by atoms with Crippen molar-refractivity contribution in [1.29, 1.82) is 0 Å². The van der Waals surface area contributed by atoms with Crippen molar-refractivity contribution in [3.63, 3.8) is 0 Å². The Morgan fingerprint density at radius 3 is 2.84 bits per heavy atom. The van der Waals surface area contributed by atoms with E-state index in [9.17, 15) is 13.6 Å². The van der Waals surface area contributed by atoms with E-state index in [4.69, 9.17) is 20.4 Å². The summed E-state index contributed by atoms with van der Waals surface area (Å²) in [6.45, 7) is 1.58.